The molecule has 5 heteroatoms. The Hall–Kier alpha value is -0.0857. The second kappa shape index (κ2) is 19.2. The summed E-state index contributed by atoms with van der Waals surface area (Å²) in [4.78, 5) is 2.19. The maximum absolute atomic E-state index is 7.00. The van der Waals surface area contributed by atoms with Gasteiger partial charge in [0.1, 0.15) is 0 Å². The summed E-state index contributed by atoms with van der Waals surface area (Å²) in [7, 11) is 5.20. The summed E-state index contributed by atoms with van der Waals surface area (Å²) >= 11 is 0. The quantitative estimate of drug-likeness (QED) is 0.464. The van der Waals surface area contributed by atoms with Crippen LogP contribution >= 0.6 is 0 Å². The van der Waals surface area contributed by atoms with Crippen LogP contribution < -0.4 is 24.8 Å². The standard InChI is InChI=1S/C14H16N.C4H9.CH4O.2ClH.Ti/c1-15(2)11-12-8-9-14(10-12)13-6-4-3-5-7-13;1-4(2)3;1-2;;;/h3-6,8,10H,9,11H2,1-2H3;1-3H3;2H,1H3;2*1H;/q2*-1;;;;+4/p-2. The average Bonchev–Trinajstić information content (AvgIpc) is 2.89. The van der Waals surface area contributed by atoms with Gasteiger partial charge in [-0.15, -0.1) is 41.5 Å². The van der Waals surface area contributed by atoms with Crippen molar-refractivity contribution in [2.24, 2.45) is 0 Å². The number of aliphatic hydroxyl groups is 1. The van der Waals surface area contributed by atoms with Crippen molar-refractivity contribution in [2.75, 3.05) is 27.7 Å². The Kier molecular flexibility index (Phi) is 25.4. The molecule has 1 aromatic rings. The second-order valence-corrected chi connectivity index (χ2v) is 5.67. The zero-order valence-electron chi connectivity index (χ0n) is 15.5. The number of nitrogens with zero attached hydrogens (tertiary/aromatic N) is 1. The third-order valence-electron chi connectivity index (χ3n) is 2.50. The average molecular weight is 406 g/mol. The molecule has 24 heavy (non-hydrogen) atoms. The fraction of sp³-hybridized carbons (Fsp3) is 0.421. The first kappa shape index (κ1) is 31.7. The molecule has 0 radical (unpaired) electrons. The van der Waals surface area contributed by atoms with Crippen molar-refractivity contribution in [3.8, 4) is 0 Å². The van der Waals surface area contributed by atoms with Gasteiger partial charge >= 0.3 is 21.7 Å². The van der Waals surface area contributed by atoms with Crippen LogP contribution in [0.1, 0.15) is 32.8 Å². The zero-order chi connectivity index (χ0) is 16.3. The van der Waals surface area contributed by atoms with Crippen molar-refractivity contribution in [3.05, 3.63) is 59.5 Å². The second-order valence-electron chi connectivity index (χ2n) is 5.67. The zero-order valence-corrected chi connectivity index (χ0v) is 18.6. The van der Waals surface area contributed by atoms with E-state index in [-0.39, 0.29) is 46.5 Å². The van der Waals surface area contributed by atoms with Crippen molar-refractivity contribution in [2.45, 2.75) is 27.2 Å². The van der Waals surface area contributed by atoms with Crippen molar-refractivity contribution >= 4 is 5.57 Å². The minimum atomic E-state index is 0. The van der Waals surface area contributed by atoms with E-state index in [9.17, 15) is 0 Å². The van der Waals surface area contributed by atoms with Crippen LogP contribution in [-0.2, 0) is 21.7 Å². The molecule has 1 aromatic carbocycles. The number of halogens is 2. The van der Waals surface area contributed by atoms with Gasteiger partial charge in [0.15, 0.2) is 0 Å². The van der Waals surface area contributed by atoms with Gasteiger partial charge in [-0.1, -0.05) is 12.2 Å². The molecule has 0 bridgehead atoms. The van der Waals surface area contributed by atoms with Crippen LogP contribution in [0, 0.1) is 12.0 Å². The molecule has 0 atom stereocenters. The van der Waals surface area contributed by atoms with E-state index >= 15 is 0 Å². The number of hydrogen-bond acceptors (Lipinski definition) is 2. The van der Waals surface area contributed by atoms with Crippen molar-refractivity contribution < 1.29 is 51.6 Å². The molecule has 134 valence electrons. The fourth-order valence-electron chi connectivity index (χ4n) is 1.84. The number of rotatable bonds is 3. The van der Waals surface area contributed by atoms with E-state index in [1.165, 1.54) is 22.6 Å². The van der Waals surface area contributed by atoms with Gasteiger partial charge < -0.3 is 40.7 Å². The number of aliphatic hydroxyl groups excluding tert-OH is 1. The molecule has 1 aliphatic carbocycles. The Balaban J connectivity index is -0.000000197. The summed E-state index contributed by atoms with van der Waals surface area (Å²) < 4.78 is 0. The normalized spacial score (nSPS) is 11.4. The summed E-state index contributed by atoms with van der Waals surface area (Å²) in [6, 6.07) is 11.4. The number of benzene rings is 1. The molecule has 0 amide bonds. The topological polar surface area (TPSA) is 23.5 Å². The molecular formula is C19H29Cl2NOTi. The van der Waals surface area contributed by atoms with Crippen LogP contribution in [0.15, 0.2) is 42.0 Å². The van der Waals surface area contributed by atoms with E-state index in [2.05, 4.69) is 70.1 Å². The molecule has 0 saturated heterocycles. The summed E-state index contributed by atoms with van der Waals surface area (Å²) in [6.07, 6.45) is 5.63. The molecule has 2 rings (SSSR count). The molecule has 2 nitrogen and oxygen atoms in total. The maximum atomic E-state index is 7.00. The van der Waals surface area contributed by atoms with Gasteiger partial charge in [0, 0.05) is 13.7 Å². The fourth-order valence-corrected chi connectivity index (χ4v) is 1.84. The van der Waals surface area contributed by atoms with Crippen LogP contribution in [0.4, 0.5) is 0 Å². The van der Waals surface area contributed by atoms with Gasteiger partial charge in [-0.2, -0.15) is 20.8 Å². The van der Waals surface area contributed by atoms with E-state index < -0.39 is 0 Å². The molecule has 0 fully saturated rings. The molecule has 0 unspecified atom stereocenters. The summed E-state index contributed by atoms with van der Waals surface area (Å²) in [5.41, 5.74) is 4.02. The van der Waals surface area contributed by atoms with Gasteiger partial charge in [0.2, 0.25) is 0 Å². The molecule has 0 heterocycles. The molecule has 0 saturated carbocycles. The Bertz CT molecular complexity index is 443. The van der Waals surface area contributed by atoms with Gasteiger partial charge in [0.25, 0.3) is 0 Å². The summed E-state index contributed by atoms with van der Waals surface area (Å²) in [5.74, 6) is 1.42. The Morgan fingerprint density at radius 2 is 1.67 bits per heavy atom. The van der Waals surface area contributed by atoms with E-state index in [0.29, 0.717) is 0 Å². The minimum absolute atomic E-state index is 0. The van der Waals surface area contributed by atoms with Crippen LogP contribution in [0.2, 0.25) is 0 Å². The summed E-state index contributed by atoms with van der Waals surface area (Å²) in [6.45, 7) is 7.27. The van der Waals surface area contributed by atoms with Gasteiger partial charge in [0.05, 0.1) is 0 Å². The molecule has 1 aliphatic rings. The van der Waals surface area contributed by atoms with E-state index in [1.54, 1.807) is 0 Å². The largest absolute Gasteiger partial charge is 4.00 e. The van der Waals surface area contributed by atoms with Crippen molar-refractivity contribution in [1.29, 1.82) is 0 Å². The van der Waals surface area contributed by atoms with E-state index in [0.717, 1.165) is 20.1 Å². The molecule has 0 aromatic heterocycles. The van der Waals surface area contributed by atoms with Gasteiger partial charge in [-0.05, 0) is 26.1 Å². The Morgan fingerprint density at radius 3 is 2.08 bits per heavy atom. The molecule has 1 N–H and O–H groups in total. The molecule has 0 spiro atoms. The first-order chi connectivity index (χ1) is 9.99. The predicted molar refractivity (Wildman–Crippen MR) is 92.9 cm³/mol. The molecular weight excluding hydrogens is 377 g/mol. The maximum Gasteiger partial charge on any atom is 4.00 e. The van der Waals surface area contributed by atoms with E-state index in [1.807, 2.05) is 12.1 Å². The first-order valence-corrected chi connectivity index (χ1v) is 7.22. The smallest absolute Gasteiger partial charge is 1.00 e. The molecule has 0 aliphatic heterocycles. The third-order valence-corrected chi connectivity index (χ3v) is 2.50. The van der Waals surface area contributed by atoms with Crippen LogP contribution in [0.5, 0.6) is 0 Å². The van der Waals surface area contributed by atoms with Crippen LogP contribution in [0.25, 0.3) is 5.57 Å². The third kappa shape index (κ3) is 15.4. The van der Waals surface area contributed by atoms with Gasteiger partial charge in [-0.3, -0.25) is 0 Å². The van der Waals surface area contributed by atoms with Gasteiger partial charge in [-0.25, -0.2) is 0 Å². The summed E-state index contributed by atoms with van der Waals surface area (Å²) in [5, 5.41) is 7.00. The van der Waals surface area contributed by atoms with Crippen molar-refractivity contribution in [3.63, 3.8) is 0 Å². The predicted octanol–water partition coefficient (Wildman–Crippen LogP) is -2.00. The SMILES string of the molecule is CN(C)CC1=CCC(c2[c-]cccc2)=C1.CO.C[C-](C)C.[Cl-].[Cl-].[Ti+4]. The van der Waals surface area contributed by atoms with E-state index in [4.69, 9.17) is 5.11 Å². The first-order valence-electron chi connectivity index (χ1n) is 7.22. The monoisotopic (exact) mass is 405 g/mol. The Labute approximate surface area is 176 Å². The number of likely N-dealkylation sites (N-methyl/N-ethyl adjacent to an activating group) is 1. The minimum Gasteiger partial charge on any atom is -1.00 e. The van der Waals surface area contributed by atoms with Crippen LogP contribution in [0.3, 0.4) is 0 Å². The van der Waals surface area contributed by atoms with Crippen molar-refractivity contribution in [1.82, 2.24) is 4.90 Å². The number of allylic oxidation sites excluding steroid dienone is 2. The van der Waals surface area contributed by atoms with Crippen LogP contribution in [-0.4, -0.2) is 37.8 Å². The Morgan fingerprint density at radius 1 is 1.12 bits per heavy atom. The number of hydrogen-bond donors (Lipinski definition) is 1.